The van der Waals surface area contributed by atoms with Crippen molar-refractivity contribution in [1.29, 1.82) is 0 Å². The topological polar surface area (TPSA) is 102 Å². The summed E-state index contributed by atoms with van der Waals surface area (Å²) in [4.78, 5) is 28.2. The van der Waals surface area contributed by atoms with Crippen LogP contribution in [-0.2, 0) is 9.59 Å². The van der Waals surface area contributed by atoms with Crippen LogP contribution in [0.4, 0.5) is 11.4 Å². The summed E-state index contributed by atoms with van der Waals surface area (Å²) >= 11 is 1.33. The Morgan fingerprint density at radius 3 is 2.21 bits per heavy atom. The van der Waals surface area contributed by atoms with Crippen molar-refractivity contribution >= 4 is 35.0 Å². The molecule has 0 unspecified atom stereocenters. The number of hydrogen-bond donors (Lipinski definition) is 2. The molecule has 0 spiro atoms. The quantitative estimate of drug-likeness (QED) is 0.378. The molecule has 2 N–H and O–H groups in total. The number of rotatable bonds is 7. The minimum absolute atomic E-state index is 0.147. The van der Waals surface area contributed by atoms with E-state index in [1.165, 1.54) is 18.7 Å². The smallest absolute Gasteiger partial charge is 0.237 e. The van der Waals surface area contributed by atoms with Crippen molar-refractivity contribution in [3.63, 3.8) is 0 Å². The second-order valence-electron chi connectivity index (χ2n) is 7.67. The average Bonchev–Trinajstić information content (AvgIpc) is 3.24. The number of benzene rings is 2. The summed E-state index contributed by atoms with van der Waals surface area (Å²) in [6, 6.07) is 18.7. The van der Waals surface area contributed by atoms with E-state index in [0.29, 0.717) is 22.4 Å². The van der Waals surface area contributed by atoms with E-state index in [9.17, 15) is 9.59 Å². The fraction of sp³-hybridized carbons (Fsp3) is 0.160. The zero-order valence-electron chi connectivity index (χ0n) is 19.0. The van der Waals surface area contributed by atoms with E-state index in [2.05, 4.69) is 25.8 Å². The molecule has 34 heavy (non-hydrogen) atoms. The van der Waals surface area contributed by atoms with Crippen LogP contribution in [0.15, 0.2) is 78.2 Å². The molecule has 2 amide bonds. The number of carbonyl (C=O) groups excluding carboxylic acids is 2. The number of thioether (sulfide) groups is 1. The van der Waals surface area contributed by atoms with Gasteiger partial charge in [0.2, 0.25) is 11.8 Å². The highest BCUT2D eigenvalue weighted by molar-refractivity contribution is 8.00. The maximum atomic E-state index is 12.9. The van der Waals surface area contributed by atoms with Gasteiger partial charge in [0.05, 0.1) is 10.9 Å². The molecule has 0 radical (unpaired) electrons. The van der Waals surface area contributed by atoms with Gasteiger partial charge in [-0.25, -0.2) is 0 Å². The van der Waals surface area contributed by atoms with Crippen LogP contribution in [0.25, 0.3) is 17.1 Å². The highest BCUT2D eigenvalue weighted by Gasteiger charge is 2.22. The number of nitrogens with zero attached hydrogens (tertiary/aromatic N) is 4. The molecule has 4 aromatic rings. The lowest BCUT2D eigenvalue weighted by Gasteiger charge is -2.15. The number of carbonyl (C=O) groups is 2. The lowest BCUT2D eigenvalue weighted by atomic mass is 10.2. The Morgan fingerprint density at radius 2 is 1.56 bits per heavy atom. The van der Waals surface area contributed by atoms with Crippen molar-refractivity contribution < 1.29 is 9.59 Å². The fourth-order valence-electron chi connectivity index (χ4n) is 3.36. The minimum atomic E-state index is -0.438. The van der Waals surface area contributed by atoms with E-state index >= 15 is 0 Å². The molecule has 2 aromatic heterocycles. The van der Waals surface area contributed by atoms with Gasteiger partial charge < -0.3 is 10.6 Å². The van der Waals surface area contributed by atoms with E-state index in [1.807, 2.05) is 54.8 Å². The molecule has 1 atom stereocenters. The van der Waals surface area contributed by atoms with Gasteiger partial charge in [0.1, 0.15) is 0 Å². The molecular formula is C25H24N6O2S. The van der Waals surface area contributed by atoms with Gasteiger partial charge in [-0.1, -0.05) is 30.0 Å². The molecule has 0 aliphatic carbocycles. The largest absolute Gasteiger partial charge is 0.326 e. The summed E-state index contributed by atoms with van der Waals surface area (Å²) in [6.07, 6.45) is 3.43. The van der Waals surface area contributed by atoms with Gasteiger partial charge in [-0.05, 0) is 61.9 Å². The molecule has 0 saturated heterocycles. The Bertz CT molecular complexity index is 1300. The van der Waals surface area contributed by atoms with Crippen LogP contribution in [0, 0.1) is 6.92 Å². The number of anilines is 2. The van der Waals surface area contributed by atoms with Crippen LogP contribution < -0.4 is 10.6 Å². The van der Waals surface area contributed by atoms with E-state index < -0.39 is 5.25 Å². The molecular weight excluding hydrogens is 448 g/mol. The predicted octanol–water partition coefficient (Wildman–Crippen LogP) is 4.72. The molecule has 0 bridgehead atoms. The summed E-state index contributed by atoms with van der Waals surface area (Å²) in [5, 5.41) is 14.6. The molecule has 172 valence electrons. The van der Waals surface area contributed by atoms with Crippen LogP contribution in [0.3, 0.4) is 0 Å². The Labute approximate surface area is 201 Å². The normalized spacial score (nSPS) is 11.6. The SMILES string of the molecule is CC(=O)Nc1ccc(NC(=O)[C@H](C)Sc2nnc(-c3ccncc3)n2-c2ccccc2C)cc1. The summed E-state index contributed by atoms with van der Waals surface area (Å²) in [5.41, 5.74) is 4.21. The number of hydrogen-bond acceptors (Lipinski definition) is 6. The van der Waals surface area contributed by atoms with Gasteiger partial charge in [0.25, 0.3) is 0 Å². The average molecular weight is 473 g/mol. The van der Waals surface area contributed by atoms with Crippen LogP contribution >= 0.6 is 11.8 Å². The third-order valence-electron chi connectivity index (χ3n) is 5.05. The summed E-state index contributed by atoms with van der Waals surface area (Å²) in [6.45, 7) is 5.31. The third-order valence-corrected chi connectivity index (χ3v) is 6.10. The van der Waals surface area contributed by atoms with Crippen LogP contribution in [0.5, 0.6) is 0 Å². The van der Waals surface area contributed by atoms with Crippen LogP contribution in [0.2, 0.25) is 0 Å². The van der Waals surface area contributed by atoms with Crippen molar-refractivity contribution in [3.8, 4) is 17.1 Å². The molecule has 8 nitrogen and oxygen atoms in total. The van der Waals surface area contributed by atoms with E-state index in [-0.39, 0.29) is 11.8 Å². The first-order chi connectivity index (χ1) is 16.4. The van der Waals surface area contributed by atoms with Crippen LogP contribution in [-0.4, -0.2) is 36.8 Å². The molecule has 0 aliphatic rings. The Morgan fingerprint density at radius 1 is 0.912 bits per heavy atom. The molecule has 0 aliphatic heterocycles. The first-order valence-electron chi connectivity index (χ1n) is 10.7. The predicted molar refractivity (Wildman–Crippen MR) is 134 cm³/mol. The standard InChI is InChI=1S/C25H24N6O2S/c1-16-6-4-5-7-22(16)31-23(19-12-14-26-15-13-19)29-30-25(31)34-17(2)24(33)28-21-10-8-20(9-11-21)27-18(3)32/h4-15,17H,1-3H3,(H,27,32)(H,28,33)/t17-/m0/s1. The number of aromatic nitrogens is 4. The van der Waals surface area contributed by atoms with Gasteiger partial charge >= 0.3 is 0 Å². The third kappa shape index (κ3) is 5.32. The van der Waals surface area contributed by atoms with Crippen molar-refractivity contribution in [2.75, 3.05) is 10.6 Å². The molecule has 4 rings (SSSR count). The van der Waals surface area contributed by atoms with Gasteiger partial charge in [-0.2, -0.15) is 0 Å². The Kier molecular flexibility index (Phi) is 7.03. The fourth-order valence-corrected chi connectivity index (χ4v) is 4.22. The van der Waals surface area contributed by atoms with E-state index in [4.69, 9.17) is 0 Å². The second-order valence-corrected chi connectivity index (χ2v) is 8.98. The van der Waals surface area contributed by atoms with Crippen molar-refractivity contribution in [2.45, 2.75) is 31.2 Å². The van der Waals surface area contributed by atoms with Gasteiger partial charge in [-0.3, -0.25) is 19.1 Å². The minimum Gasteiger partial charge on any atom is -0.326 e. The lowest BCUT2D eigenvalue weighted by molar-refractivity contribution is -0.115. The first-order valence-corrected chi connectivity index (χ1v) is 11.6. The molecule has 0 fully saturated rings. The summed E-state index contributed by atoms with van der Waals surface area (Å²) in [5.74, 6) is 0.369. The number of nitrogens with one attached hydrogen (secondary N) is 2. The summed E-state index contributed by atoms with van der Waals surface area (Å²) < 4.78 is 1.97. The van der Waals surface area contributed by atoms with Gasteiger partial charge in [0.15, 0.2) is 11.0 Å². The monoisotopic (exact) mass is 472 g/mol. The Balaban J connectivity index is 1.57. The molecule has 2 heterocycles. The van der Waals surface area contributed by atoms with E-state index in [1.54, 1.807) is 36.7 Å². The summed E-state index contributed by atoms with van der Waals surface area (Å²) in [7, 11) is 0. The highest BCUT2D eigenvalue weighted by Crippen LogP contribution is 2.31. The lowest BCUT2D eigenvalue weighted by Crippen LogP contribution is -2.23. The van der Waals surface area contributed by atoms with Crippen molar-refractivity contribution in [3.05, 3.63) is 78.6 Å². The first kappa shape index (κ1) is 23.2. The zero-order valence-corrected chi connectivity index (χ0v) is 19.8. The molecule has 2 aromatic carbocycles. The maximum Gasteiger partial charge on any atom is 0.237 e. The van der Waals surface area contributed by atoms with E-state index in [0.717, 1.165) is 16.8 Å². The molecule has 9 heteroatoms. The number of amides is 2. The Hall–Kier alpha value is -3.98. The van der Waals surface area contributed by atoms with Crippen LogP contribution in [0.1, 0.15) is 19.4 Å². The maximum absolute atomic E-state index is 12.9. The number of aryl methyl sites for hydroxylation is 1. The zero-order chi connectivity index (χ0) is 24.1. The number of pyridine rings is 1. The highest BCUT2D eigenvalue weighted by atomic mass is 32.2. The second kappa shape index (κ2) is 10.3. The van der Waals surface area contributed by atoms with Gasteiger partial charge in [-0.15, -0.1) is 10.2 Å². The number of para-hydroxylation sites is 1. The van der Waals surface area contributed by atoms with Gasteiger partial charge in [0, 0.05) is 36.3 Å². The molecule has 0 saturated carbocycles. The van der Waals surface area contributed by atoms with Crippen molar-refractivity contribution in [1.82, 2.24) is 19.7 Å². The van der Waals surface area contributed by atoms with Crippen molar-refractivity contribution in [2.24, 2.45) is 0 Å².